The zero-order valence-electron chi connectivity index (χ0n) is 39.6. The average molecular weight is 855 g/mol. The monoisotopic (exact) mass is 855 g/mol. The van der Waals surface area contributed by atoms with Gasteiger partial charge >= 0.3 is 11.9 Å². The molecule has 5 heteroatoms. The van der Waals surface area contributed by atoms with Gasteiger partial charge in [-0.1, -0.05) is 205 Å². The van der Waals surface area contributed by atoms with Crippen molar-refractivity contribution in [1.29, 1.82) is 0 Å². The van der Waals surface area contributed by atoms with Crippen LogP contribution >= 0.6 is 0 Å². The molecule has 0 fully saturated rings. The third-order valence-corrected chi connectivity index (χ3v) is 9.94. The molecule has 0 aromatic rings. The molecule has 0 aliphatic carbocycles. The topological polar surface area (TPSA) is 72.8 Å². The Morgan fingerprint density at radius 1 is 0.371 bits per heavy atom. The molecule has 0 aliphatic heterocycles. The third-order valence-electron chi connectivity index (χ3n) is 9.94. The van der Waals surface area contributed by atoms with Crippen LogP contribution in [0, 0.1) is 0 Å². The lowest BCUT2D eigenvalue weighted by molar-refractivity contribution is -0.161. The fourth-order valence-corrected chi connectivity index (χ4v) is 6.29. The molecule has 1 unspecified atom stereocenters. The summed E-state index contributed by atoms with van der Waals surface area (Å²) in [6, 6.07) is 0. The fraction of sp³-hybridized carbons (Fsp3) is 0.579. The molecular formula is C57H90O5. The Morgan fingerprint density at radius 3 is 1.00 bits per heavy atom. The Hall–Kier alpha value is -3.96. The van der Waals surface area contributed by atoms with Crippen molar-refractivity contribution >= 4 is 11.9 Å². The zero-order chi connectivity index (χ0) is 44.9. The molecule has 0 saturated carbocycles. The Balaban J connectivity index is 3.60. The first-order valence-electron chi connectivity index (χ1n) is 24.7. The highest BCUT2D eigenvalue weighted by atomic mass is 16.6. The molecule has 0 heterocycles. The smallest absolute Gasteiger partial charge is 0.306 e. The molecule has 62 heavy (non-hydrogen) atoms. The van der Waals surface area contributed by atoms with Gasteiger partial charge in [-0.15, -0.1) is 0 Å². The lowest BCUT2D eigenvalue weighted by Crippen LogP contribution is -2.28. The third kappa shape index (κ3) is 48.7. The molecule has 0 aromatic heterocycles. The maximum atomic E-state index is 12.3. The summed E-state index contributed by atoms with van der Waals surface area (Å²) in [5.41, 5.74) is 0. The van der Waals surface area contributed by atoms with Gasteiger partial charge in [0.25, 0.3) is 0 Å². The first kappa shape index (κ1) is 58.0. The summed E-state index contributed by atoms with van der Waals surface area (Å²) in [6.45, 7) is 3.86. The van der Waals surface area contributed by atoms with Gasteiger partial charge < -0.3 is 14.6 Å². The maximum Gasteiger partial charge on any atom is 0.306 e. The summed E-state index contributed by atoms with van der Waals surface area (Å²) in [5.74, 6) is -0.653. The van der Waals surface area contributed by atoms with Crippen LogP contribution in [-0.2, 0) is 19.1 Å². The number of rotatable bonds is 43. The van der Waals surface area contributed by atoms with E-state index in [-0.39, 0.29) is 25.2 Å². The van der Waals surface area contributed by atoms with Crippen LogP contribution in [0.2, 0.25) is 0 Å². The largest absolute Gasteiger partial charge is 0.462 e. The molecule has 0 aliphatic rings. The molecular weight excluding hydrogens is 765 g/mol. The summed E-state index contributed by atoms with van der Waals surface area (Å²) >= 11 is 0. The number of allylic oxidation sites excluding steroid dienone is 22. The van der Waals surface area contributed by atoms with Gasteiger partial charge in [0, 0.05) is 12.8 Å². The second-order valence-electron chi connectivity index (χ2n) is 15.8. The van der Waals surface area contributed by atoms with Crippen molar-refractivity contribution in [2.75, 3.05) is 13.2 Å². The van der Waals surface area contributed by atoms with Gasteiger partial charge in [-0.2, -0.15) is 0 Å². The molecule has 348 valence electrons. The Bertz CT molecular complexity index is 1330. The van der Waals surface area contributed by atoms with Crippen molar-refractivity contribution in [3.63, 3.8) is 0 Å². The highest BCUT2D eigenvalue weighted by Crippen LogP contribution is 2.14. The quantitative estimate of drug-likeness (QED) is 0.0376. The van der Waals surface area contributed by atoms with E-state index >= 15 is 0 Å². The van der Waals surface area contributed by atoms with E-state index in [4.69, 9.17) is 9.47 Å². The predicted molar refractivity (Wildman–Crippen MR) is 269 cm³/mol. The van der Waals surface area contributed by atoms with Gasteiger partial charge in [0.1, 0.15) is 6.61 Å². The fourth-order valence-electron chi connectivity index (χ4n) is 6.29. The van der Waals surface area contributed by atoms with E-state index in [1.165, 1.54) is 57.8 Å². The van der Waals surface area contributed by atoms with Crippen molar-refractivity contribution in [2.24, 2.45) is 0 Å². The molecule has 0 rings (SSSR count). The number of hydrogen-bond acceptors (Lipinski definition) is 5. The van der Waals surface area contributed by atoms with Crippen molar-refractivity contribution < 1.29 is 24.2 Å². The Kier molecular flexibility index (Phi) is 48.1. The second kappa shape index (κ2) is 51.4. The molecule has 1 atom stereocenters. The summed E-state index contributed by atoms with van der Waals surface area (Å²) < 4.78 is 10.6. The van der Waals surface area contributed by atoms with Gasteiger partial charge in [-0.25, -0.2) is 0 Å². The number of hydrogen-bond donors (Lipinski definition) is 1. The number of ether oxygens (including phenoxy) is 2. The molecule has 0 spiro atoms. The van der Waals surface area contributed by atoms with E-state index in [0.717, 1.165) is 109 Å². The van der Waals surface area contributed by atoms with Crippen LogP contribution in [0.15, 0.2) is 134 Å². The molecule has 0 aromatic carbocycles. The average Bonchev–Trinajstić information content (AvgIpc) is 3.28. The summed E-state index contributed by atoms with van der Waals surface area (Å²) in [7, 11) is 0. The van der Waals surface area contributed by atoms with Crippen LogP contribution in [0.4, 0.5) is 0 Å². The molecule has 1 N–H and O–H groups in total. The second-order valence-corrected chi connectivity index (χ2v) is 15.8. The summed E-state index contributed by atoms with van der Waals surface area (Å²) in [5, 5.41) is 9.60. The van der Waals surface area contributed by atoms with Crippen LogP contribution in [-0.4, -0.2) is 36.4 Å². The standard InChI is InChI=1S/C57H90O5/c1-3-5-7-9-11-13-15-17-19-20-21-22-23-24-25-26-27-28-29-30-31-32-33-34-35-36-38-40-42-44-46-48-50-52-57(60)62-55(53-58)54-61-56(59)51-49-47-45-43-41-39-37-18-16-14-12-10-8-6-4-2/h5-8,11-14,17-19,21-22,24-25,27-28,30-31,37,41,43,55,58H,3-4,9-10,15-16,20,23,26,29,32-36,38-40,42,44-54H2,1-2H3/b7-5-,8-6-,13-11-,14-12-,19-17-,22-21-,25-24-,28-27-,31-30-,37-18-,43-41-. The molecule has 0 amide bonds. The molecule has 5 nitrogen and oxygen atoms in total. The number of unbranched alkanes of at least 4 members (excludes halogenated alkanes) is 13. The van der Waals surface area contributed by atoms with E-state index in [0.29, 0.717) is 12.8 Å². The van der Waals surface area contributed by atoms with Gasteiger partial charge in [0.2, 0.25) is 0 Å². The number of carbonyl (C=O) groups excluding carboxylic acids is 2. The van der Waals surface area contributed by atoms with Gasteiger partial charge in [0.05, 0.1) is 6.61 Å². The van der Waals surface area contributed by atoms with E-state index in [2.05, 4.69) is 148 Å². The van der Waals surface area contributed by atoms with E-state index in [9.17, 15) is 14.7 Å². The van der Waals surface area contributed by atoms with E-state index in [1.54, 1.807) is 0 Å². The first-order valence-corrected chi connectivity index (χ1v) is 24.7. The van der Waals surface area contributed by atoms with Gasteiger partial charge in [-0.3, -0.25) is 9.59 Å². The minimum absolute atomic E-state index is 0.0965. The lowest BCUT2D eigenvalue weighted by atomic mass is 10.0. The lowest BCUT2D eigenvalue weighted by Gasteiger charge is -2.15. The summed E-state index contributed by atoms with van der Waals surface area (Å²) in [6.07, 6.45) is 76.9. The normalized spacial score (nSPS) is 13.4. The first-order chi connectivity index (χ1) is 30.6. The highest BCUT2D eigenvalue weighted by Gasteiger charge is 2.16. The Morgan fingerprint density at radius 2 is 0.645 bits per heavy atom. The molecule has 0 radical (unpaired) electrons. The number of aliphatic hydroxyl groups excluding tert-OH is 1. The van der Waals surface area contributed by atoms with Crippen molar-refractivity contribution in [2.45, 2.75) is 200 Å². The molecule has 0 saturated heterocycles. The minimum Gasteiger partial charge on any atom is -0.462 e. The SMILES string of the molecule is CC/C=C\C/C=C\C/C=C\C/C=C\C/C=C\C/C=C\C/C=C\CCCCCCCCCCCCCC(=O)OC(CO)COC(=O)CCCC/C=C\C/C=C\C/C=C\C/C=C\CC. The Labute approximate surface area is 381 Å². The van der Waals surface area contributed by atoms with Gasteiger partial charge in [-0.05, 0) is 109 Å². The van der Waals surface area contributed by atoms with Crippen LogP contribution in [0.25, 0.3) is 0 Å². The van der Waals surface area contributed by atoms with E-state index < -0.39 is 6.10 Å². The van der Waals surface area contributed by atoms with Crippen molar-refractivity contribution in [1.82, 2.24) is 0 Å². The van der Waals surface area contributed by atoms with Crippen LogP contribution in [0.1, 0.15) is 194 Å². The van der Waals surface area contributed by atoms with E-state index in [1.807, 2.05) is 0 Å². The predicted octanol–water partition coefficient (Wildman–Crippen LogP) is 16.5. The van der Waals surface area contributed by atoms with Gasteiger partial charge in [0.15, 0.2) is 6.10 Å². The number of carbonyl (C=O) groups is 2. The van der Waals surface area contributed by atoms with Crippen molar-refractivity contribution in [3.05, 3.63) is 134 Å². The van der Waals surface area contributed by atoms with Crippen molar-refractivity contribution in [3.8, 4) is 0 Å². The summed E-state index contributed by atoms with van der Waals surface area (Å²) in [4.78, 5) is 24.4. The van der Waals surface area contributed by atoms with Crippen LogP contribution < -0.4 is 0 Å². The number of esters is 2. The number of aliphatic hydroxyl groups is 1. The maximum absolute atomic E-state index is 12.3. The van der Waals surface area contributed by atoms with Crippen LogP contribution in [0.3, 0.4) is 0 Å². The van der Waals surface area contributed by atoms with Crippen LogP contribution in [0.5, 0.6) is 0 Å². The highest BCUT2D eigenvalue weighted by molar-refractivity contribution is 5.70. The zero-order valence-corrected chi connectivity index (χ0v) is 39.6. The minimum atomic E-state index is -0.800. The molecule has 0 bridgehead atoms.